The average molecular weight is 319 g/mol. The summed E-state index contributed by atoms with van der Waals surface area (Å²) in [4.78, 5) is 0. The Morgan fingerprint density at radius 1 is 1.00 bits per heavy atom. The first kappa shape index (κ1) is 14.1. The molecule has 0 aliphatic rings. The van der Waals surface area contributed by atoms with Crippen molar-refractivity contribution in [3.63, 3.8) is 0 Å². The van der Waals surface area contributed by atoms with E-state index in [-0.39, 0.29) is 0 Å². The maximum absolute atomic E-state index is 5.92. The van der Waals surface area contributed by atoms with Crippen LogP contribution in [0.1, 0.15) is 22.6 Å². The number of alkyl halides is 1. The summed E-state index contributed by atoms with van der Waals surface area (Å²) in [5, 5.41) is 0.905. The van der Waals surface area contributed by atoms with Gasteiger partial charge in [-0.05, 0) is 42.7 Å². The third kappa shape index (κ3) is 3.84. The van der Waals surface area contributed by atoms with Gasteiger partial charge in [0, 0.05) is 11.2 Å². The van der Waals surface area contributed by atoms with Gasteiger partial charge in [0.25, 0.3) is 0 Å². The van der Waals surface area contributed by atoms with E-state index in [1.165, 1.54) is 16.7 Å². The molecule has 19 heavy (non-hydrogen) atoms. The molecule has 0 saturated heterocycles. The SMILES string of the molecule is Cc1ccc(OCC(CBr)c2ccccc2)cc1C. The van der Waals surface area contributed by atoms with Crippen LogP contribution in [0.5, 0.6) is 5.75 Å². The third-order valence-corrected chi connectivity index (χ3v) is 4.17. The number of aryl methyl sites for hydroxylation is 2. The molecule has 0 saturated carbocycles. The molecule has 1 unspecified atom stereocenters. The molecule has 2 heteroatoms. The van der Waals surface area contributed by atoms with Crippen LogP contribution in [0.15, 0.2) is 48.5 Å². The zero-order valence-electron chi connectivity index (χ0n) is 11.4. The molecule has 0 heterocycles. The molecule has 0 aromatic heterocycles. The first-order chi connectivity index (χ1) is 9.20. The minimum atomic E-state index is 0.378. The number of hydrogen-bond donors (Lipinski definition) is 0. The molecule has 0 spiro atoms. The van der Waals surface area contributed by atoms with Gasteiger partial charge in [0.05, 0.1) is 6.61 Å². The molecule has 0 aliphatic carbocycles. The molecule has 100 valence electrons. The Hall–Kier alpha value is -1.28. The quantitative estimate of drug-likeness (QED) is 0.715. The first-order valence-corrected chi connectivity index (χ1v) is 7.64. The van der Waals surface area contributed by atoms with Gasteiger partial charge in [-0.25, -0.2) is 0 Å². The van der Waals surface area contributed by atoms with Gasteiger partial charge in [0.15, 0.2) is 0 Å². The van der Waals surface area contributed by atoms with Gasteiger partial charge in [-0.3, -0.25) is 0 Å². The maximum atomic E-state index is 5.92. The van der Waals surface area contributed by atoms with Crippen molar-refractivity contribution >= 4 is 15.9 Å². The highest BCUT2D eigenvalue weighted by Crippen LogP contribution is 2.22. The van der Waals surface area contributed by atoms with Crippen LogP contribution in [0, 0.1) is 13.8 Å². The molecule has 0 aliphatic heterocycles. The summed E-state index contributed by atoms with van der Waals surface area (Å²) in [5.41, 5.74) is 3.88. The zero-order valence-corrected chi connectivity index (χ0v) is 13.0. The van der Waals surface area contributed by atoms with E-state index in [0.29, 0.717) is 12.5 Å². The lowest BCUT2D eigenvalue weighted by Crippen LogP contribution is -2.11. The molecule has 2 aromatic rings. The molecule has 1 atom stereocenters. The number of rotatable bonds is 5. The van der Waals surface area contributed by atoms with E-state index >= 15 is 0 Å². The Balaban J connectivity index is 2.02. The van der Waals surface area contributed by atoms with Crippen molar-refractivity contribution in [3.05, 3.63) is 65.2 Å². The van der Waals surface area contributed by atoms with E-state index < -0.39 is 0 Å². The second kappa shape index (κ2) is 6.76. The first-order valence-electron chi connectivity index (χ1n) is 6.51. The van der Waals surface area contributed by atoms with Crippen molar-refractivity contribution < 1.29 is 4.74 Å². The molecule has 2 aromatic carbocycles. The van der Waals surface area contributed by atoms with Gasteiger partial charge in [-0.1, -0.05) is 52.3 Å². The normalized spacial score (nSPS) is 12.2. The Morgan fingerprint density at radius 2 is 1.74 bits per heavy atom. The minimum absolute atomic E-state index is 0.378. The van der Waals surface area contributed by atoms with Crippen LogP contribution in [-0.2, 0) is 0 Å². The monoisotopic (exact) mass is 318 g/mol. The fourth-order valence-electron chi connectivity index (χ4n) is 1.96. The molecular weight excluding hydrogens is 300 g/mol. The molecular formula is C17H19BrO. The summed E-state index contributed by atoms with van der Waals surface area (Å²) in [7, 11) is 0. The summed E-state index contributed by atoms with van der Waals surface area (Å²) in [5.74, 6) is 1.33. The fourth-order valence-corrected chi connectivity index (χ4v) is 2.52. The summed E-state index contributed by atoms with van der Waals surface area (Å²) < 4.78 is 5.92. The molecule has 1 nitrogen and oxygen atoms in total. The van der Waals surface area contributed by atoms with Gasteiger partial charge >= 0.3 is 0 Å². The second-order valence-electron chi connectivity index (χ2n) is 4.82. The fraction of sp³-hybridized carbons (Fsp3) is 0.294. The van der Waals surface area contributed by atoms with E-state index in [0.717, 1.165) is 11.1 Å². The second-order valence-corrected chi connectivity index (χ2v) is 5.47. The van der Waals surface area contributed by atoms with Crippen LogP contribution >= 0.6 is 15.9 Å². The standard InChI is InChI=1S/C17H19BrO/c1-13-8-9-17(10-14(13)2)19-12-16(11-18)15-6-4-3-5-7-15/h3-10,16H,11-12H2,1-2H3. The van der Waals surface area contributed by atoms with E-state index in [2.05, 4.69) is 66.2 Å². The summed E-state index contributed by atoms with van der Waals surface area (Å²) in [6.45, 7) is 4.92. The van der Waals surface area contributed by atoms with Crippen molar-refractivity contribution in [2.75, 3.05) is 11.9 Å². The third-order valence-electron chi connectivity index (χ3n) is 3.39. The molecule has 0 fully saturated rings. The lowest BCUT2D eigenvalue weighted by atomic mass is 10.0. The lowest BCUT2D eigenvalue weighted by molar-refractivity contribution is 0.298. The topological polar surface area (TPSA) is 9.23 Å². The highest BCUT2D eigenvalue weighted by Gasteiger charge is 2.10. The summed E-state index contributed by atoms with van der Waals surface area (Å²) in [6, 6.07) is 16.7. The predicted octanol–water partition coefficient (Wildman–Crippen LogP) is 4.86. The van der Waals surface area contributed by atoms with Crippen LogP contribution in [0.25, 0.3) is 0 Å². The van der Waals surface area contributed by atoms with Gasteiger partial charge in [0.1, 0.15) is 5.75 Å². The van der Waals surface area contributed by atoms with Crippen LogP contribution in [0.3, 0.4) is 0 Å². The van der Waals surface area contributed by atoms with Crippen molar-refractivity contribution in [3.8, 4) is 5.75 Å². The van der Waals surface area contributed by atoms with Gasteiger partial charge in [-0.15, -0.1) is 0 Å². The number of benzene rings is 2. The Kier molecular flexibility index (Phi) is 5.03. The highest BCUT2D eigenvalue weighted by atomic mass is 79.9. The molecule has 0 radical (unpaired) electrons. The highest BCUT2D eigenvalue weighted by molar-refractivity contribution is 9.09. The van der Waals surface area contributed by atoms with Crippen LogP contribution in [-0.4, -0.2) is 11.9 Å². The Bertz CT molecular complexity index is 522. The van der Waals surface area contributed by atoms with E-state index in [9.17, 15) is 0 Å². The van der Waals surface area contributed by atoms with Crippen LogP contribution in [0.4, 0.5) is 0 Å². The van der Waals surface area contributed by atoms with Gasteiger partial charge in [0.2, 0.25) is 0 Å². The zero-order chi connectivity index (χ0) is 13.7. The minimum Gasteiger partial charge on any atom is -0.493 e. The lowest BCUT2D eigenvalue weighted by Gasteiger charge is -2.16. The molecule has 0 bridgehead atoms. The van der Waals surface area contributed by atoms with Crippen LogP contribution < -0.4 is 4.74 Å². The van der Waals surface area contributed by atoms with Gasteiger partial charge < -0.3 is 4.74 Å². The van der Waals surface area contributed by atoms with Crippen molar-refractivity contribution in [2.24, 2.45) is 0 Å². The van der Waals surface area contributed by atoms with E-state index in [4.69, 9.17) is 4.74 Å². The Morgan fingerprint density at radius 3 is 2.37 bits per heavy atom. The number of ether oxygens (including phenoxy) is 1. The summed E-state index contributed by atoms with van der Waals surface area (Å²) in [6.07, 6.45) is 0. The molecule has 0 amide bonds. The molecule has 0 N–H and O–H groups in total. The smallest absolute Gasteiger partial charge is 0.119 e. The maximum Gasteiger partial charge on any atom is 0.119 e. The van der Waals surface area contributed by atoms with Crippen LogP contribution in [0.2, 0.25) is 0 Å². The van der Waals surface area contributed by atoms with Crippen molar-refractivity contribution in [1.29, 1.82) is 0 Å². The summed E-state index contributed by atoms with van der Waals surface area (Å²) >= 11 is 3.57. The van der Waals surface area contributed by atoms with Crippen molar-refractivity contribution in [2.45, 2.75) is 19.8 Å². The van der Waals surface area contributed by atoms with E-state index in [1.54, 1.807) is 0 Å². The number of hydrogen-bond acceptors (Lipinski definition) is 1. The van der Waals surface area contributed by atoms with Gasteiger partial charge in [-0.2, -0.15) is 0 Å². The molecule has 2 rings (SSSR count). The largest absolute Gasteiger partial charge is 0.493 e. The number of halogens is 1. The predicted molar refractivity (Wildman–Crippen MR) is 84.4 cm³/mol. The average Bonchev–Trinajstić information content (AvgIpc) is 2.44. The van der Waals surface area contributed by atoms with Crippen molar-refractivity contribution in [1.82, 2.24) is 0 Å². The Labute approximate surface area is 123 Å². The van der Waals surface area contributed by atoms with E-state index in [1.807, 2.05) is 12.1 Å².